The Balaban J connectivity index is 2.09. The maximum atomic E-state index is 11.2. The van der Waals surface area contributed by atoms with Crippen LogP contribution in [-0.2, 0) is 14.8 Å². The van der Waals surface area contributed by atoms with Crippen LogP contribution in [-0.4, -0.2) is 39.2 Å². The van der Waals surface area contributed by atoms with E-state index < -0.39 is 10.0 Å². The lowest BCUT2D eigenvalue weighted by Crippen LogP contribution is -2.31. The minimum absolute atomic E-state index is 0.100. The highest BCUT2D eigenvalue weighted by Gasteiger charge is 2.21. The van der Waals surface area contributed by atoms with Gasteiger partial charge in [0.2, 0.25) is 10.0 Å². The summed E-state index contributed by atoms with van der Waals surface area (Å²) in [6, 6.07) is 0. The molecule has 1 aliphatic rings. The Morgan fingerprint density at radius 3 is 2.94 bits per heavy atom. The van der Waals surface area contributed by atoms with Crippen LogP contribution >= 0.6 is 11.3 Å². The molecule has 2 N–H and O–H groups in total. The Bertz CT molecular complexity index is 494. The number of rotatable bonds is 5. The number of anilines is 1. The minimum atomic E-state index is -3.65. The van der Waals surface area contributed by atoms with Gasteiger partial charge in [-0.05, 0) is 19.8 Å². The van der Waals surface area contributed by atoms with Crippen molar-refractivity contribution in [1.82, 2.24) is 4.98 Å². The van der Waals surface area contributed by atoms with E-state index in [1.807, 2.05) is 11.8 Å². The highest BCUT2D eigenvalue weighted by Crippen LogP contribution is 2.26. The highest BCUT2D eigenvalue weighted by atomic mass is 32.2. The van der Waals surface area contributed by atoms with Crippen LogP contribution < -0.4 is 10.0 Å². The predicted octanol–water partition coefficient (Wildman–Crippen LogP) is 0.796. The maximum absolute atomic E-state index is 11.2. The molecule has 1 aromatic heterocycles. The summed E-state index contributed by atoms with van der Waals surface area (Å²) in [6.45, 7) is 4.32. The Morgan fingerprint density at radius 2 is 2.44 bits per heavy atom. The molecule has 6 nitrogen and oxygen atoms in total. The molecule has 2 heterocycles. The van der Waals surface area contributed by atoms with Crippen molar-refractivity contribution < 1.29 is 13.2 Å². The van der Waals surface area contributed by atoms with Crippen LogP contribution in [0.4, 0.5) is 5.13 Å². The molecule has 8 heteroatoms. The fourth-order valence-corrected chi connectivity index (χ4v) is 3.52. The van der Waals surface area contributed by atoms with Gasteiger partial charge in [0, 0.05) is 19.7 Å². The number of aromatic nitrogens is 1. The van der Waals surface area contributed by atoms with Crippen LogP contribution in [0.15, 0.2) is 10.4 Å². The first-order chi connectivity index (χ1) is 8.50. The largest absolute Gasteiger partial charge is 0.376 e. The number of thiazole rings is 1. The number of sulfonamides is 1. The minimum Gasteiger partial charge on any atom is -0.376 e. The maximum Gasteiger partial charge on any atom is 0.249 e. The van der Waals surface area contributed by atoms with E-state index in [1.165, 1.54) is 6.20 Å². The van der Waals surface area contributed by atoms with Crippen molar-refractivity contribution in [3.05, 3.63) is 6.20 Å². The Labute approximate surface area is 111 Å². The van der Waals surface area contributed by atoms with Crippen molar-refractivity contribution in [2.45, 2.75) is 30.1 Å². The lowest BCUT2D eigenvalue weighted by atomic mass is 10.2. The van der Waals surface area contributed by atoms with E-state index in [-0.39, 0.29) is 10.3 Å². The van der Waals surface area contributed by atoms with Crippen molar-refractivity contribution in [3.63, 3.8) is 0 Å². The molecule has 0 spiro atoms. The Kier molecular flexibility index (Phi) is 4.21. The van der Waals surface area contributed by atoms with Gasteiger partial charge in [0.05, 0.1) is 12.3 Å². The van der Waals surface area contributed by atoms with Crippen molar-refractivity contribution >= 4 is 26.5 Å². The third-order valence-corrected chi connectivity index (χ3v) is 5.32. The van der Waals surface area contributed by atoms with Gasteiger partial charge in [0.15, 0.2) is 9.34 Å². The summed E-state index contributed by atoms with van der Waals surface area (Å²) in [5, 5.41) is 5.75. The number of ether oxygens (including phenoxy) is 1. The van der Waals surface area contributed by atoms with E-state index in [2.05, 4.69) is 4.98 Å². The summed E-state index contributed by atoms with van der Waals surface area (Å²) in [5.74, 6) is 0. The molecule has 18 heavy (non-hydrogen) atoms. The van der Waals surface area contributed by atoms with Crippen molar-refractivity contribution in [2.24, 2.45) is 5.14 Å². The van der Waals surface area contributed by atoms with E-state index in [0.29, 0.717) is 5.13 Å². The second-order valence-electron chi connectivity index (χ2n) is 4.18. The third kappa shape index (κ3) is 3.19. The average Bonchev–Trinajstić information content (AvgIpc) is 2.95. The zero-order valence-corrected chi connectivity index (χ0v) is 11.8. The first kappa shape index (κ1) is 13.7. The summed E-state index contributed by atoms with van der Waals surface area (Å²) in [5.41, 5.74) is 0. The monoisotopic (exact) mass is 291 g/mol. The number of hydrogen-bond donors (Lipinski definition) is 1. The Morgan fingerprint density at radius 1 is 1.67 bits per heavy atom. The molecule has 0 amide bonds. The van der Waals surface area contributed by atoms with Gasteiger partial charge in [-0.15, -0.1) is 0 Å². The highest BCUT2D eigenvalue weighted by molar-refractivity contribution is 7.91. The van der Waals surface area contributed by atoms with Crippen molar-refractivity contribution in [2.75, 3.05) is 24.6 Å². The van der Waals surface area contributed by atoms with Crippen LogP contribution in [0.5, 0.6) is 0 Å². The van der Waals surface area contributed by atoms with E-state index >= 15 is 0 Å². The zero-order chi connectivity index (χ0) is 13.2. The molecular weight excluding hydrogens is 274 g/mol. The third-order valence-electron chi connectivity index (χ3n) is 2.85. The molecule has 0 radical (unpaired) electrons. The summed E-state index contributed by atoms with van der Waals surface area (Å²) < 4.78 is 28.1. The summed E-state index contributed by atoms with van der Waals surface area (Å²) >= 11 is 1.10. The topological polar surface area (TPSA) is 85.5 Å². The molecule has 2 rings (SSSR count). The first-order valence-electron chi connectivity index (χ1n) is 5.86. The van der Waals surface area contributed by atoms with Gasteiger partial charge in [-0.3, -0.25) is 0 Å². The van der Waals surface area contributed by atoms with Gasteiger partial charge in [-0.25, -0.2) is 18.5 Å². The van der Waals surface area contributed by atoms with Crippen LogP contribution in [0.3, 0.4) is 0 Å². The van der Waals surface area contributed by atoms with E-state index in [0.717, 1.165) is 43.9 Å². The average molecular weight is 291 g/mol. The standard InChI is InChI=1S/C10H17N3O3S2/c1-2-13(7-8-4-3-5-16-8)10-12-6-9(17-10)18(11,14)15/h6,8H,2-5,7H2,1H3,(H2,11,14,15). The van der Waals surface area contributed by atoms with Crippen LogP contribution in [0.2, 0.25) is 0 Å². The SMILES string of the molecule is CCN(CC1CCCO1)c1ncc(S(N)(=O)=O)s1. The molecule has 0 aliphatic carbocycles. The van der Waals surface area contributed by atoms with Gasteiger partial charge in [0.25, 0.3) is 0 Å². The van der Waals surface area contributed by atoms with Gasteiger partial charge in [-0.2, -0.15) is 0 Å². The molecule has 1 unspecified atom stereocenters. The molecule has 1 fully saturated rings. The fraction of sp³-hybridized carbons (Fsp3) is 0.700. The number of primary sulfonamides is 1. The molecule has 1 aliphatic heterocycles. The quantitative estimate of drug-likeness (QED) is 0.867. The molecule has 0 aromatic carbocycles. The zero-order valence-electron chi connectivity index (χ0n) is 10.2. The molecular formula is C10H17N3O3S2. The van der Waals surface area contributed by atoms with Crippen LogP contribution in [0.1, 0.15) is 19.8 Å². The van der Waals surface area contributed by atoms with E-state index in [4.69, 9.17) is 9.88 Å². The predicted molar refractivity (Wildman–Crippen MR) is 70.3 cm³/mol. The number of nitrogens with zero attached hydrogens (tertiary/aromatic N) is 2. The van der Waals surface area contributed by atoms with Gasteiger partial charge >= 0.3 is 0 Å². The smallest absolute Gasteiger partial charge is 0.249 e. The first-order valence-corrected chi connectivity index (χ1v) is 8.22. The lowest BCUT2D eigenvalue weighted by molar-refractivity contribution is 0.115. The second-order valence-corrected chi connectivity index (χ2v) is 6.98. The van der Waals surface area contributed by atoms with Crippen molar-refractivity contribution in [3.8, 4) is 0 Å². The number of hydrogen-bond acceptors (Lipinski definition) is 6. The fourth-order valence-electron chi connectivity index (χ4n) is 1.90. The second kappa shape index (κ2) is 5.52. The summed E-state index contributed by atoms with van der Waals surface area (Å²) in [6.07, 6.45) is 3.66. The van der Waals surface area contributed by atoms with Gasteiger partial charge in [-0.1, -0.05) is 11.3 Å². The molecule has 0 bridgehead atoms. The molecule has 1 saturated heterocycles. The number of nitrogens with two attached hydrogens (primary N) is 1. The summed E-state index contributed by atoms with van der Waals surface area (Å²) in [4.78, 5) is 6.15. The molecule has 0 saturated carbocycles. The number of likely N-dealkylation sites (N-methyl/N-ethyl adjacent to an activating group) is 1. The van der Waals surface area contributed by atoms with E-state index in [1.54, 1.807) is 0 Å². The lowest BCUT2D eigenvalue weighted by Gasteiger charge is -2.22. The normalized spacial score (nSPS) is 20.2. The Hall–Kier alpha value is -0.700. The van der Waals surface area contributed by atoms with E-state index in [9.17, 15) is 8.42 Å². The van der Waals surface area contributed by atoms with Crippen molar-refractivity contribution in [1.29, 1.82) is 0 Å². The van der Waals surface area contributed by atoms with Gasteiger partial charge in [0.1, 0.15) is 0 Å². The molecule has 1 atom stereocenters. The van der Waals surface area contributed by atoms with Crippen LogP contribution in [0.25, 0.3) is 0 Å². The van der Waals surface area contributed by atoms with Gasteiger partial charge < -0.3 is 9.64 Å². The summed E-state index contributed by atoms with van der Waals surface area (Å²) in [7, 11) is -3.65. The van der Waals surface area contributed by atoms with Crippen LogP contribution in [0, 0.1) is 0 Å². The molecule has 102 valence electrons. The molecule has 1 aromatic rings.